The van der Waals surface area contributed by atoms with Crippen molar-refractivity contribution in [1.82, 2.24) is 10.2 Å². The molecule has 2 heterocycles. The van der Waals surface area contributed by atoms with Crippen LogP contribution in [0, 0.1) is 5.82 Å². The maximum atomic E-state index is 13.8. The lowest BCUT2D eigenvalue weighted by Crippen LogP contribution is -2.14. The van der Waals surface area contributed by atoms with E-state index in [-0.39, 0.29) is 17.5 Å². The average Bonchev–Trinajstić information content (AvgIpc) is 3.33. The van der Waals surface area contributed by atoms with Gasteiger partial charge in [0.25, 0.3) is 15.9 Å². The van der Waals surface area contributed by atoms with Gasteiger partial charge in [0.1, 0.15) is 10.7 Å². The van der Waals surface area contributed by atoms with E-state index in [1.54, 1.807) is 24.3 Å². The second kappa shape index (κ2) is 6.69. The molecule has 2 aromatic heterocycles. The largest absolute Gasteiger partial charge is 0.459 e. The number of benzene rings is 2. The summed E-state index contributed by atoms with van der Waals surface area (Å²) in [5, 5.41) is 7.84. The molecule has 0 saturated heterocycles. The predicted molar refractivity (Wildman–Crippen MR) is 94.6 cm³/mol. The molecule has 0 spiro atoms. The number of furan rings is 1. The molecule has 1 N–H and O–H groups in total. The normalized spacial score (nSPS) is 11.4. The van der Waals surface area contributed by atoms with Crippen LogP contribution < -0.4 is 4.72 Å². The number of hydrogen-bond acceptors (Lipinski definition) is 6. The molecule has 27 heavy (non-hydrogen) atoms. The summed E-state index contributed by atoms with van der Waals surface area (Å²) < 4.78 is 51.7. The van der Waals surface area contributed by atoms with Crippen LogP contribution in [0.25, 0.3) is 23.1 Å². The van der Waals surface area contributed by atoms with Gasteiger partial charge in [0, 0.05) is 11.3 Å². The molecule has 0 atom stereocenters. The van der Waals surface area contributed by atoms with Crippen molar-refractivity contribution in [3.8, 4) is 23.1 Å². The van der Waals surface area contributed by atoms with Gasteiger partial charge in [-0.1, -0.05) is 18.2 Å². The lowest BCUT2D eigenvalue weighted by atomic mass is 10.2. The Balaban J connectivity index is 1.63. The fourth-order valence-electron chi connectivity index (χ4n) is 2.43. The number of nitrogens with one attached hydrogen (secondary N) is 1. The molecule has 0 amide bonds. The van der Waals surface area contributed by atoms with Crippen LogP contribution in [0.3, 0.4) is 0 Å². The molecular weight excluding hydrogens is 373 g/mol. The number of halogens is 1. The third kappa shape index (κ3) is 3.44. The van der Waals surface area contributed by atoms with Crippen LogP contribution in [0.2, 0.25) is 0 Å². The zero-order valence-electron chi connectivity index (χ0n) is 13.7. The summed E-state index contributed by atoms with van der Waals surface area (Å²) in [6, 6.07) is 14.8. The zero-order valence-corrected chi connectivity index (χ0v) is 14.5. The zero-order chi connectivity index (χ0) is 18.9. The molecule has 0 radical (unpaired) electrons. The minimum atomic E-state index is -4.08. The monoisotopic (exact) mass is 385 g/mol. The van der Waals surface area contributed by atoms with Gasteiger partial charge in [0.05, 0.1) is 6.26 Å². The third-order valence-corrected chi connectivity index (χ3v) is 5.06. The van der Waals surface area contributed by atoms with Gasteiger partial charge in [-0.25, -0.2) is 12.8 Å². The summed E-state index contributed by atoms with van der Waals surface area (Å²) in [4.78, 5) is -0.437. The number of aromatic nitrogens is 2. The highest BCUT2D eigenvalue weighted by Gasteiger charge is 2.19. The van der Waals surface area contributed by atoms with Gasteiger partial charge in [-0.05, 0) is 42.5 Å². The van der Waals surface area contributed by atoms with Crippen molar-refractivity contribution in [1.29, 1.82) is 0 Å². The standard InChI is InChI=1S/C18H12FN3O4S/c19-14-7-1-2-9-16(14)27(23,24)22-13-6-3-5-12(11-13)17-20-21-18(26-17)15-8-4-10-25-15/h1-11,22H. The Labute approximate surface area is 153 Å². The van der Waals surface area contributed by atoms with E-state index in [0.717, 1.165) is 6.07 Å². The second-order valence-electron chi connectivity index (χ2n) is 5.51. The molecule has 4 aromatic rings. The number of anilines is 1. The van der Waals surface area contributed by atoms with Crippen LogP contribution in [0.5, 0.6) is 0 Å². The first-order chi connectivity index (χ1) is 13.0. The molecule has 0 aliphatic heterocycles. The number of rotatable bonds is 5. The lowest BCUT2D eigenvalue weighted by molar-refractivity contribution is 0.523. The van der Waals surface area contributed by atoms with E-state index in [1.165, 1.54) is 36.6 Å². The van der Waals surface area contributed by atoms with Gasteiger partial charge in [-0.2, -0.15) is 0 Å². The quantitative estimate of drug-likeness (QED) is 0.559. The van der Waals surface area contributed by atoms with E-state index in [0.29, 0.717) is 11.3 Å². The van der Waals surface area contributed by atoms with Crippen LogP contribution in [0.15, 0.2) is 80.7 Å². The van der Waals surface area contributed by atoms with Crippen molar-refractivity contribution in [3.05, 3.63) is 72.7 Å². The van der Waals surface area contributed by atoms with Gasteiger partial charge in [-0.15, -0.1) is 10.2 Å². The second-order valence-corrected chi connectivity index (χ2v) is 7.16. The summed E-state index contributed by atoms with van der Waals surface area (Å²) in [7, 11) is -4.08. The first-order valence-electron chi connectivity index (χ1n) is 7.78. The summed E-state index contributed by atoms with van der Waals surface area (Å²) in [6.07, 6.45) is 1.48. The highest BCUT2D eigenvalue weighted by molar-refractivity contribution is 7.92. The molecule has 2 aromatic carbocycles. The van der Waals surface area contributed by atoms with Crippen LogP contribution in [0.1, 0.15) is 0 Å². The smallest absolute Gasteiger partial charge is 0.283 e. The highest BCUT2D eigenvalue weighted by Crippen LogP contribution is 2.27. The summed E-state index contributed by atoms with van der Waals surface area (Å²) in [5.74, 6) is -0.0213. The summed E-state index contributed by atoms with van der Waals surface area (Å²) in [6.45, 7) is 0. The van der Waals surface area contributed by atoms with Crippen LogP contribution in [-0.2, 0) is 10.0 Å². The molecule has 9 heteroatoms. The van der Waals surface area contributed by atoms with Crippen LogP contribution in [0.4, 0.5) is 10.1 Å². The Kier molecular flexibility index (Phi) is 4.21. The Morgan fingerprint density at radius 3 is 2.52 bits per heavy atom. The maximum Gasteiger partial charge on any atom is 0.283 e. The molecule has 0 aliphatic rings. The molecule has 0 fully saturated rings. The molecule has 4 rings (SSSR count). The van der Waals surface area contributed by atoms with E-state index in [9.17, 15) is 12.8 Å². The van der Waals surface area contributed by atoms with E-state index in [4.69, 9.17) is 8.83 Å². The Hall–Kier alpha value is -3.46. The van der Waals surface area contributed by atoms with E-state index >= 15 is 0 Å². The van der Waals surface area contributed by atoms with Gasteiger partial charge in [0.15, 0.2) is 5.76 Å². The van der Waals surface area contributed by atoms with Gasteiger partial charge in [-0.3, -0.25) is 4.72 Å². The average molecular weight is 385 g/mol. The predicted octanol–water partition coefficient (Wildman–Crippen LogP) is 3.94. The van der Waals surface area contributed by atoms with E-state index in [2.05, 4.69) is 14.9 Å². The van der Waals surface area contributed by atoms with Gasteiger partial charge < -0.3 is 8.83 Å². The fourth-order valence-corrected chi connectivity index (χ4v) is 3.56. The molecule has 7 nitrogen and oxygen atoms in total. The van der Waals surface area contributed by atoms with Crippen molar-refractivity contribution in [2.45, 2.75) is 4.90 Å². The molecule has 0 unspecified atom stereocenters. The first-order valence-corrected chi connectivity index (χ1v) is 9.26. The minimum Gasteiger partial charge on any atom is -0.459 e. The molecule has 0 saturated carbocycles. The first kappa shape index (κ1) is 17.0. The van der Waals surface area contributed by atoms with Crippen molar-refractivity contribution in [2.24, 2.45) is 0 Å². The molecule has 0 bridgehead atoms. The van der Waals surface area contributed by atoms with Gasteiger partial charge >= 0.3 is 0 Å². The number of nitrogens with zero attached hydrogens (tertiary/aromatic N) is 2. The minimum absolute atomic E-state index is 0.188. The van der Waals surface area contributed by atoms with E-state index < -0.39 is 20.7 Å². The topological polar surface area (TPSA) is 98.2 Å². The van der Waals surface area contributed by atoms with Crippen molar-refractivity contribution in [2.75, 3.05) is 4.72 Å². The maximum absolute atomic E-state index is 13.8. The highest BCUT2D eigenvalue weighted by atomic mass is 32.2. The summed E-state index contributed by atoms with van der Waals surface area (Å²) >= 11 is 0. The SMILES string of the molecule is O=S(=O)(Nc1cccc(-c2nnc(-c3ccco3)o2)c1)c1ccccc1F. The molecule has 136 valence electrons. The van der Waals surface area contributed by atoms with Crippen molar-refractivity contribution >= 4 is 15.7 Å². The van der Waals surface area contributed by atoms with E-state index in [1.807, 2.05) is 0 Å². The van der Waals surface area contributed by atoms with Crippen molar-refractivity contribution in [3.63, 3.8) is 0 Å². The number of sulfonamides is 1. The Morgan fingerprint density at radius 2 is 1.74 bits per heavy atom. The van der Waals surface area contributed by atoms with Crippen molar-refractivity contribution < 1.29 is 21.6 Å². The lowest BCUT2D eigenvalue weighted by Gasteiger charge is -2.09. The van der Waals surface area contributed by atoms with Gasteiger partial charge in [0.2, 0.25) is 5.89 Å². The van der Waals surface area contributed by atoms with Crippen LogP contribution >= 0.6 is 0 Å². The third-order valence-electron chi connectivity index (χ3n) is 3.64. The Bertz CT molecular complexity index is 1190. The molecular formula is C18H12FN3O4S. The number of hydrogen-bond donors (Lipinski definition) is 1. The molecule has 0 aliphatic carbocycles. The Morgan fingerprint density at radius 1 is 0.926 bits per heavy atom. The fraction of sp³-hybridized carbons (Fsp3) is 0. The van der Waals surface area contributed by atoms with Crippen LogP contribution in [-0.4, -0.2) is 18.6 Å². The summed E-state index contributed by atoms with van der Waals surface area (Å²) in [5.41, 5.74) is 0.725.